The van der Waals surface area contributed by atoms with E-state index in [2.05, 4.69) is 5.32 Å². The maximum Gasteiger partial charge on any atom is 0.330 e. The van der Waals surface area contributed by atoms with Crippen LogP contribution in [-0.2, 0) is 19.9 Å². The van der Waals surface area contributed by atoms with Crippen LogP contribution < -0.4 is 5.32 Å². The van der Waals surface area contributed by atoms with E-state index in [1.54, 1.807) is 31.2 Å². The van der Waals surface area contributed by atoms with Crippen LogP contribution in [0, 0.1) is 0 Å². The number of nitrogens with zero attached hydrogens (tertiary/aromatic N) is 1. The highest BCUT2D eigenvalue weighted by Crippen LogP contribution is 2.32. The van der Waals surface area contributed by atoms with Crippen molar-refractivity contribution in [3.63, 3.8) is 0 Å². The molecule has 128 valence electrons. The lowest BCUT2D eigenvalue weighted by Gasteiger charge is -2.25. The Kier molecular flexibility index (Phi) is 5.62. The van der Waals surface area contributed by atoms with Crippen LogP contribution in [-0.4, -0.2) is 36.0 Å². The van der Waals surface area contributed by atoms with Crippen LogP contribution >= 0.6 is 11.6 Å². The summed E-state index contributed by atoms with van der Waals surface area (Å²) in [6, 6.07) is 6.31. The molecule has 0 saturated carbocycles. The van der Waals surface area contributed by atoms with E-state index in [1.165, 1.54) is 12.2 Å². The first-order valence-electron chi connectivity index (χ1n) is 7.68. The van der Waals surface area contributed by atoms with Gasteiger partial charge in [0.15, 0.2) is 0 Å². The summed E-state index contributed by atoms with van der Waals surface area (Å²) in [5.41, 5.74) is -0.441. The summed E-state index contributed by atoms with van der Waals surface area (Å²) in [6.07, 6.45) is 3.04. The van der Waals surface area contributed by atoms with Gasteiger partial charge in [-0.3, -0.25) is 9.69 Å². The van der Waals surface area contributed by atoms with Gasteiger partial charge in [-0.15, -0.1) is 0 Å². The number of nitrogens with one attached hydrogen (secondary N) is 1. The summed E-state index contributed by atoms with van der Waals surface area (Å²) in [7, 11) is 0. The van der Waals surface area contributed by atoms with Gasteiger partial charge in [-0.05, 0) is 31.0 Å². The minimum absolute atomic E-state index is 0.00117. The monoisotopic (exact) mass is 350 g/mol. The normalized spacial score (nSPS) is 20.5. The van der Waals surface area contributed by atoms with Crippen molar-refractivity contribution in [1.29, 1.82) is 0 Å². The summed E-state index contributed by atoms with van der Waals surface area (Å²) in [5.74, 6) is -0.866. The van der Waals surface area contributed by atoms with Crippen molar-refractivity contribution in [3.05, 3.63) is 47.0 Å². The van der Waals surface area contributed by atoms with Crippen LogP contribution in [0.1, 0.15) is 25.8 Å². The molecule has 0 aromatic heterocycles. The molecule has 2 rings (SSSR count). The largest absolute Gasteiger partial charge is 0.463 e. The van der Waals surface area contributed by atoms with E-state index in [9.17, 15) is 14.4 Å². The molecule has 7 heteroatoms. The van der Waals surface area contributed by atoms with Crippen molar-refractivity contribution < 1.29 is 19.1 Å². The van der Waals surface area contributed by atoms with Crippen LogP contribution in [0.5, 0.6) is 0 Å². The molecule has 1 aliphatic rings. The van der Waals surface area contributed by atoms with Crippen LogP contribution in [0.2, 0.25) is 5.02 Å². The molecule has 1 heterocycles. The predicted molar refractivity (Wildman–Crippen MR) is 89.4 cm³/mol. The maximum absolute atomic E-state index is 12.8. The number of urea groups is 1. The quantitative estimate of drug-likeness (QED) is 0.486. The summed E-state index contributed by atoms with van der Waals surface area (Å²) in [5, 5.41) is 3.31. The number of ether oxygens (including phenoxy) is 1. The Labute approximate surface area is 145 Å². The highest BCUT2D eigenvalue weighted by Gasteiger charge is 2.50. The van der Waals surface area contributed by atoms with E-state index < -0.39 is 17.5 Å². The number of rotatable bonds is 6. The Morgan fingerprint density at radius 1 is 1.29 bits per heavy atom. The van der Waals surface area contributed by atoms with Crippen molar-refractivity contribution >= 4 is 29.5 Å². The molecule has 1 aromatic carbocycles. The Morgan fingerprint density at radius 2 is 1.96 bits per heavy atom. The highest BCUT2D eigenvalue weighted by atomic mass is 35.5. The zero-order chi connectivity index (χ0) is 17.7. The molecule has 0 radical (unpaired) electrons. The van der Waals surface area contributed by atoms with Crippen LogP contribution in [0.4, 0.5) is 4.79 Å². The fourth-order valence-corrected chi connectivity index (χ4v) is 2.74. The smallest absolute Gasteiger partial charge is 0.330 e. The van der Waals surface area contributed by atoms with Gasteiger partial charge in [0.25, 0.3) is 5.91 Å². The molecule has 0 aliphatic carbocycles. The van der Waals surface area contributed by atoms with Gasteiger partial charge in [-0.1, -0.05) is 36.7 Å². The highest BCUT2D eigenvalue weighted by molar-refractivity contribution is 6.30. The van der Waals surface area contributed by atoms with Crippen molar-refractivity contribution in [1.82, 2.24) is 10.2 Å². The van der Waals surface area contributed by atoms with Crippen LogP contribution in [0.15, 0.2) is 36.4 Å². The van der Waals surface area contributed by atoms with Gasteiger partial charge < -0.3 is 10.1 Å². The van der Waals surface area contributed by atoms with Gasteiger partial charge in [0.2, 0.25) is 0 Å². The third kappa shape index (κ3) is 3.43. The SMILES string of the molecule is CCOC(=O)/C=C/CN1C(=O)NC(CC)(c2ccc(Cl)cc2)C1=O. The predicted octanol–water partition coefficient (Wildman–Crippen LogP) is 2.62. The van der Waals surface area contributed by atoms with Crippen molar-refractivity contribution in [2.45, 2.75) is 25.8 Å². The second kappa shape index (κ2) is 7.49. The van der Waals surface area contributed by atoms with Crippen LogP contribution in [0.25, 0.3) is 0 Å². The lowest BCUT2D eigenvalue weighted by Crippen LogP contribution is -2.43. The molecule has 1 unspecified atom stereocenters. The molecular weight excluding hydrogens is 332 g/mol. The maximum atomic E-state index is 12.8. The van der Waals surface area contributed by atoms with E-state index in [0.717, 1.165) is 4.90 Å². The number of carbonyl (C=O) groups excluding carboxylic acids is 3. The van der Waals surface area contributed by atoms with Gasteiger partial charge in [0.05, 0.1) is 6.61 Å². The molecule has 0 bridgehead atoms. The first-order chi connectivity index (χ1) is 11.4. The first kappa shape index (κ1) is 18.0. The van der Waals surface area contributed by atoms with Gasteiger partial charge in [-0.2, -0.15) is 0 Å². The topological polar surface area (TPSA) is 75.7 Å². The van der Waals surface area contributed by atoms with Crippen LogP contribution in [0.3, 0.4) is 0 Å². The van der Waals surface area contributed by atoms with Gasteiger partial charge >= 0.3 is 12.0 Å². The number of hydrogen-bond acceptors (Lipinski definition) is 4. The zero-order valence-corrected chi connectivity index (χ0v) is 14.3. The number of esters is 1. The van der Waals surface area contributed by atoms with E-state index in [0.29, 0.717) is 17.0 Å². The minimum atomic E-state index is -1.11. The molecule has 1 aromatic rings. The van der Waals surface area contributed by atoms with Crippen molar-refractivity contribution in [2.75, 3.05) is 13.2 Å². The Hall–Kier alpha value is -2.34. The number of hydrogen-bond donors (Lipinski definition) is 1. The van der Waals surface area contributed by atoms with E-state index in [1.807, 2.05) is 6.92 Å². The second-order valence-electron chi connectivity index (χ2n) is 5.27. The zero-order valence-electron chi connectivity index (χ0n) is 13.5. The number of benzene rings is 1. The number of halogens is 1. The van der Waals surface area contributed by atoms with Gasteiger partial charge in [0, 0.05) is 17.6 Å². The van der Waals surface area contributed by atoms with Crippen molar-refractivity contribution in [2.24, 2.45) is 0 Å². The van der Waals surface area contributed by atoms with Gasteiger partial charge in [0.1, 0.15) is 5.54 Å². The fraction of sp³-hybridized carbons (Fsp3) is 0.353. The Bertz CT molecular complexity index is 672. The summed E-state index contributed by atoms with van der Waals surface area (Å²) in [4.78, 5) is 37.4. The molecule has 1 N–H and O–H groups in total. The summed E-state index contributed by atoms with van der Waals surface area (Å²) >= 11 is 5.89. The number of imide groups is 1. The molecule has 1 saturated heterocycles. The Morgan fingerprint density at radius 3 is 2.54 bits per heavy atom. The number of amides is 3. The molecule has 1 fully saturated rings. The third-order valence-electron chi connectivity index (χ3n) is 3.87. The van der Waals surface area contributed by atoms with E-state index in [4.69, 9.17) is 16.3 Å². The Balaban J connectivity index is 2.20. The lowest BCUT2D eigenvalue weighted by atomic mass is 9.87. The molecular formula is C17H19ClN2O4. The molecule has 3 amide bonds. The average molecular weight is 351 g/mol. The minimum Gasteiger partial charge on any atom is -0.463 e. The molecule has 1 atom stereocenters. The van der Waals surface area contributed by atoms with Gasteiger partial charge in [-0.25, -0.2) is 9.59 Å². The standard InChI is InChI=1S/C17H19ClN2O4/c1-3-17(12-7-9-13(18)10-8-12)15(22)20(16(23)19-17)11-5-6-14(21)24-4-2/h5-10H,3-4,11H2,1-2H3,(H,19,23)/b6-5+. The molecule has 0 spiro atoms. The molecule has 6 nitrogen and oxygen atoms in total. The first-order valence-corrected chi connectivity index (χ1v) is 8.05. The van der Waals surface area contributed by atoms with E-state index >= 15 is 0 Å². The summed E-state index contributed by atoms with van der Waals surface area (Å²) in [6.45, 7) is 3.79. The second-order valence-corrected chi connectivity index (χ2v) is 5.70. The summed E-state index contributed by atoms with van der Waals surface area (Å²) < 4.78 is 4.76. The third-order valence-corrected chi connectivity index (χ3v) is 4.12. The number of carbonyl (C=O) groups is 3. The fourth-order valence-electron chi connectivity index (χ4n) is 2.61. The molecule has 1 aliphatic heterocycles. The van der Waals surface area contributed by atoms with Crippen molar-refractivity contribution in [3.8, 4) is 0 Å². The molecule has 24 heavy (non-hydrogen) atoms. The van der Waals surface area contributed by atoms with E-state index in [-0.39, 0.29) is 19.1 Å². The average Bonchev–Trinajstić information content (AvgIpc) is 2.80. The lowest BCUT2D eigenvalue weighted by molar-refractivity contribution is -0.137.